The van der Waals surface area contributed by atoms with Gasteiger partial charge in [-0.05, 0) is 58.0 Å². The third kappa shape index (κ3) is 11.1. The number of hydrogen-bond acceptors (Lipinski definition) is 9. The minimum absolute atomic E-state index is 0.00561. The number of benzene rings is 2. The molecule has 274 valence electrons. The van der Waals surface area contributed by atoms with Crippen LogP contribution in [0.4, 0.5) is 0 Å². The van der Waals surface area contributed by atoms with Crippen molar-refractivity contribution in [1.29, 1.82) is 0 Å². The molecule has 15 nitrogen and oxygen atoms in total. The van der Waals surface area contributed by atoms with Crippen LogP contribution in [0.25, 0.3) is 0 Å². The molecule has 5 N–H and O–H groups in total. The summed E-state index contributed by atoms with van der Waals surface area (Å²) in [5.74, 6) is -1.85. The molecule has 0 fully saturated rings. The van der Waals surface area contributed by atoms with E-state index in [2.05, 4.69) is 36.9 Å². The number of fused-ring (bicyclic) bond motifs is 15. The fraction of sp³-hybridized carbons (Fsp3) is 0.472. The second-order valence-corrected chi connectivity index (χ2v) is 12.5. The molecule has 5 atom stereocenters. The third-order valence-electron chi connectivity index (χ3n) is 8.77. The second-order valence-electron chi connectivity index (χ2n) is 12.5. The van der Waals surface area contributed by atoms with Crippen molar-refractivity contribution in [3.05, 3.63) is 77.6 Å². The third-order valence-corrected chi connectivity index (χ3v) is 8.77. The Morgan fingerprint density at radius 1 is 0.961 bits per heavy atom. The van der Waals surface area contributed by atoms with Gasteiger partial charge in [0.1, 0.15) is 36.5 Å². The molecule has 5 amide bonds. The van der Waals surface area contributed by atoms with Crippen molar-refractivity contribution in [3.63, 3.8) is 0 Å². The predicted molar refractivity (Wildman–Crippen MR) is 189 cm³/mol. The van der Waals surface area contributed by atoms with E-state index in [1.54, 1.807) is 41.9 Å². The number of ether oxygens (including phenoxy) is 1. The van der Waals surface area contributed by atoms with Crippen LogP contribution in [-0.4, -0.2) is 106 Å². The molecule has 51 heavy (non-hydrogen) atoms. The summed E-state index contributed by atoms with van der Waals surface area (Å²) < 4.78 is 7.50. The molecular weight excluding hydrogens is 654 g/mol. The van der Waals surface area contributed by atoms with Crippen LogP contribution < -0.4 is 31.3 Å². The Kier molecular flexibility index (Phi) is 14.1. The van der Waals surface area contributed by atoms with Crippen LogP contribution in [0.2, 0.25) is 0 Å². The van der Waals surface area contributed by atoms with Gasteiger partial charge in [0.15, 0.2) is 0 Å². The lowest BCUT2D eigenvalue weighted by molar-refractivity contribution is -0.137. The van der Waals surface area contributed by atoms with E-state index in [1.807, 2.05) is 56.3 Å². The first-order valence-corrected chi connectivity index (χ1v) is 17.3. The van der Waals surface area contributed by atoms with Gasteiger partial charge in [0.25, 0.3) is 0 Å². The quantitative estimate of drug-likeness (QED) is 0.203. The molecule has 0 aliphatic carbocycles. The highest BCUT2D eigenvalue weighted by molar-refractivity contribution is 5.96. The highest BCUT2D eigenvalue weighted by Gasteiger charge is 2.32. The first-order valence-electron chi connectivity index (χ1n) is 17.3. The number of carbonyl (C=O) groups excluding carboxylic acids is 5. The van der Waals surface area contributed by atoms with E-state index in [-0.39, 0.29) is 31.8 Å². The molecule has 3 heterocycles. The Hall–Kier alpha value is -5.31. The van der Waals surface area contributed by atoms with Crippen molar-refractivity contribution in [3.8, 4) is 5.75 Å². The van der Waals surface area contributed by atoms with Crippen LogP contribution in [0.1, 0.15) is 44.5 Å². The van der Waals surface area contributed by atoms with E-state index in [0.717, 1.165) is 11.1 Å². The van der Waals surface area contributed by atoms with Gasteiger partial charge in [0, 0.05) is 38.5 Å². The van der Waals surface area contributed by atoms with E-state index in [4.69, 9.17) is 4.74 Å². The molecular formula is C36H49N9O6. The lowest BCUT2D eigenvalue weighted by Crippen LogP contribution is -2.59. The first kappa shape index (κ1) is 38.5. The summed E-state index contributed by atoms with van der Waals surface area (Å²) in [6, 6.07) is 11.7. The number of rotatable bonds is 8. The Morgan fingerprint density at radius 2 is 1.67 bits per heavy atom. The molecule has 0 saturated heterocycles. The van der Waals surface area contributed by atoms with Crippen LogP contribution in [0.15, 0.2) is 60.8 Å². The van der Waals surface area contributed by atoms with Gasteiger partial charge in [-0.25, -0.2) is 4.68 Å². The molecule has 0 spiro atoms. The summed E-state index contributed by atoms with van der Waals surface area (Å²) in [6.45, 7) is 8.44. The van der Waals surface area contributed by atoms with E-state index in [9.17, 15) is 24.0 Å². The van der Waals surface area contributed by atoms with Crippen LogP contribution in [0.5, 0.6) is 5.75 Å². The minimum Gasteiger partial charge on any atom is -0.492 e. The lowest BCUT2D eigenvalue weighted by atomic mass is 10.0. The number of hydrogen-bond donors (Lipinski definition) is 5. The molecule has 0 saturated carbocycles. The molecule has 15 heteroatoms. The van der Waals surface area contributed by atoms with Crippen molar-refractivity contribution in [2.75, 3.05) is 26.7 Å². The van der Waals surface area contributed by atoms with Crippen molar-refractivity contribution in [2.24, 2.45) is 0 Å². The molecule has 1 aromatic heterocycles. The van der Waals surface area contributed by atoms with E-state index in [1.165, 1.54) is 6.92 Å². The summed E-state index contributed by atoms with van der Waals surface area (Å²) in [5.41, 5.74) is 2.04. The topological polar surface area (TPSA) is 189 Å². The summed E-state index contributed by atoms with van der Waals surface area (Å²) in [4.78, 5) is 69.4. The maximum Gasteiger partial charge on any atom is 0.245 e. The number of amides is 5. The summed E-state index contributed by atoms with van der Waals surface area (Å²) >= 11 is 0. The highest BCUT2D eigenvalue weighted by atomic mass is 16.5. The Labute approximate surface area is 298 Å². The molecule has 0 radical (unpaired) electrons. The average molecular weight is 704 g/mol. The van der Waals surface area contributed by atoms with Gasteiger partial charge in [-0.3, -0.25) is 24.0 Å². The molecule has 4 bridgehead atoms. The maximum atomic E-state index is 14.0. The monoisotopic (exact) mass is 703 g/mol. The van der Waals surface area contributed by atoms with Gasteiger partial charge in [-0.2, -0.15) is 0 Å². The van der Waals surface area contributed by atoms with Gasteiger partial charge in [-0.1, -0.05) is 47.7 Å². The van der Waals surface area contributed by atoms with Crippen LogP contribution >= 0.6 is 0 Å². The normalized spacial score (nSPS) is 21.1. The van der Waals surface area contributed by atoms with Crippen molar-refractivity contribution >= 4 is 29.5 Å². The second kappa shape index (κ2) is 18.6. The fourth-order valence-electron chi connectivity index (χ4n) is 5.57. The average Bonchev–Trinajstić information content (AvgIpc) is 3.58. The molecule has 2 aliphatic rings. The SMILES string of the molecule is CCN(CC)C(=O)[C@@H]1Cc2ccc(cc2)OCCn2cc(nn2)C[C@H](NC(=O)[C@H](C)NC)C(=O)N[C@@H](C)C(=O)N[C@@H](Cc2ccccc2)C(=O)N1. The maximum absolute atomic E-state index is 14.0. The van der Waals surface area contributed by atoms with Crippen LogP contribution in [0.3, 0.4) is 0 Å². The molecule has 0 unspecified atom stereocenters. The van der Waals surface area contributed by atoms with Gasteiger partial charge in [0.2, 0.25) is 29.5 Å². The summed E-state index contributed by atoms with van der Waals surface area (Å²) in [7, 11) is 1.63. The lowest BCUT2D eigenvalue weighted by Gasteiger charge is -2.28. The number of likely N-dealkylation sites (N-methyl/N-ethyl adjacent to an activating group) is 2. The smallest absolute Gasteiger partial charge is 0.245 e. The zero-order valence-electron chi connectivity index (χ0n) is 29.8. The van der Waals surface area contributed by atoms with Crippen LogP contribution in [0, 0.1) is 0 Å². The van der Waals surface area contributed by atoms with E-state index in [0.29, 0.717) is 31.1 Å². The zero-order chi connectivity index (χ0) is 36.9. The Bertz CT molecular complexity index is 1630. The minimum atomic E-state index is -1.10. The van der Waals surface area contributed by atoms with Gasteiger partial charge in [-0.15, -0.1) is 5.10 Å². The number of nitrogens with one attached hydrogen (secondary N) is 5. The van der Waals surface area contributed by atoms with Gasteiger partial charge < -0.3 is 36.2 Å². The number of carbonyl (C=O) groups is 5. The molecule has 3 aromatic rings. The van der Waals surface area contributed by atoms with E-state index >= 15 is 0 Å². The Morgan fingerprint density at radius 3 is 2.33 bits per heavy atom. The Balaban J connectivity index is 1.67. The van der Waals surface area contributed by atoms with Gasteiger partial charge >= 0.3 is 0 Å². The number of aromatic nitrogens is 3. The largest absolute Gasteiger partial charge is 0.492 e. The standard InChI is InChI=1S/C36H49N9O6/c1-6-44(7-2)36(50)31-20-26-13-15-28(16-14-26)51-18-17-45-22-27(42-43-45)21-30(40-32(46)23(3)37-5)34(48)38-24(4)33(47)39-29(35(49)41-31)19-25-11-9-8-10-12-25/h8-16,22-24,29-31,37H,6-7,17-21H2,1-5H3,(H,38,48)(H,39,47)(H,40,46)(H,41,49)/t23-,24-,29-,30-,31-/m0/s1. The first-order chi connectivity index (χ1) is 24.5. The summed E-state index contributed by atoms with van der Waals surface area (Å²) in [6.07, 6.45) is 2.02. The predicted octanol–water partition coefficient (Wildman–Crippen LogP) is 0.134. The van der Waals surface area contributed by atoms with Crippen LogP contribution in [-0.2, 0) is 49.8 Å². The van der Waals surface area contributed by atoms with Crippen molar-refractivity contribution in [1.82, 2.24) is 46.5 Å². The van der Waals surface area contributed by atoms with Gasteiger partial charge in [0.05, 0.1) is 18.3 Å². The zero-order valence-corrected chi connectivity index (χ0v) is 29.8. The number of nitrogens with zero attached hydrogens (tertiary/aromatic N) is 4. The molecule has 2 aromatic carbocycles. The van der Waals surface area contributed by atoms with Crippen molar-refractivity contribution < 1.29 is 28.7 Å². The molecule has 2 aliphatic heterocycles. The molecule has 5 rings (SSSR count). The fourth-order valence-corrected chi connectivity index (χ4v) is 5.57. The van der Waals surface area contributed by atoms with E-state index < -0.39 is 53.8 Å². The summed E-state index contributed by atoms with van der Waals surface area (Å²) in [5, 5.41) is 22.3. The highest BCUT2D eigenvalue weighted by Crippen LogP contribution is 2.15. The van der Waals surface area contributed by atoms with Crippen molar-refractivity contribution in [2.45, 2.75) is 83.7 Å².